The Bertz CT molecular complexity index is 518. The van der Waals surface area contributed by atoms with Crippen LogP contribution >= 0.6 is 11.3 Å². The Kier molecular flexibility index (Phi) is 3.92. The van der Waals surface area contributed by atoms with Crippen LogP contribution in [0.5, 0.6) is 0 Å². The average Bonchev–Trinajstić information content (AvgIpc) is 2.82. The van der Waals surface area contributed by atoms with Crippen LogP contribution < -0.4 is 5.32 Å². The van der Waals surface area contributed by atoms with Crippen LogP contribution in [0, 0.1) is 0 Å². The van der Waals surface area contributed by atoms with Gasteiger partial charge in [0.15, 0.2) is 0 Å². The lowest BCUT2D eigenvalue weighted by Crippen LogP contribution is -2.31. The summed E-state index contributed by atoms with van der Waals surface area (Å²) in [7, 11) is 0. The summed E-state index contributed by atoms with van der Waals surface area (Å²) in [4.78, 5) is 0. The van der Waals surface area contributed by atoms with Crippen molar-refractivity contribution in [3.05, 3.63) is 41.8 Å². The van der Waals surface area contributed by atoms with Gasteiger partial charge in [-0.1, -0.05) is 19.6 Å². The largest absolute Gasteiger partial charge is 0.308 e. The highest BCUT2D eigenvalue weighted by Crippen LogP contribution is 2.26. The summed E-state index contributed by atoms with van der Waals surface area (Å²) < 4.78 is 14.2. The van der Waals surface area contributed by atoms with Gasteiger partial charge in [0.1, 0.15) is 6.67 Å². The summed E-state index contributed by atoms with van der Waals surface area (Å²) in [5.41, 5.74) is 1.84. The van der Waals surface area contributed by atoms with E-state index in [0.29, 0.717) is 0 Å². The molecule has 1 aromatic carbocycles. The van der Waals surface area contributed by atoms with Crippen LogP contribution in [0.25, 0.3) is 15.7 Å². The third-order valence-corrected chi connectivity index (χ3v) is 3.75. The normalized spacial score (nSPS) is 12.8. The van der Waals surface area contributed by atoms with Crippen molar-refractivity contribution in [1.29, 1.82) is 0 Å². The number of benzene rings is 1. The topological polar surface area (TPSA) is 12.0 Å². The summed E-state index contributed by atoms with van der Waals surface area (Å²) in [6, 6.07) is 7.96. The zero-order valence-electron chi connectivity index (χ0n) is 9.87. The zero-order chi connectivity index (χ0) is 12.3. The molecule has 0 fully saturated rings. The molecule has 90 valence electrons. The molecule has 0 aliphatic rings. The number of nitrogens with one attached hydrogen (secondary N) is 1. The lowest BCUT2D eigenvalue weighted by atomic mass is 10.00. The van der Waals surface area contributed by atoms with Gasteiger partial charge in [0, 0.05) is 4.70 Å². The maximum absolute atomic E-state index is 12.9. The Morgan fingerprint density at radius 2 is 2.29 bits per heavy atom. The highest BCUT2D eigenvalue weighted by atomic mass is 32.1. The molecule has 0 amide bonds. The van der Waals surface area contributed by atoms with E-state index >= 15 is 0 Å². The van der Waals surface area contributed by atoms with Gasteiger partial charge in [0.25, 0.3) is 0 Å². The molecule has 1 atom stereocenters. The molecule has 0 aliphatic heterocycles. The summed E-state index contributed by atoms with van der Waals surface area (Å²) in [6.07, 6.45) is 0. The van der Waals surface area contributed by atoms with Crippen LogP contribution in [-0.2, 0) is 0 Å². The van der Waals surface area contributed by atoms with Crippen molar-refractivity contribution in [3.63, 3.8) is 0 Å². The second-order valence-corrected chi connectivity index (χ2v) is 4.91. The van der Waals surface area contributed by atoms with Crippen LogP contribution in [-0.4, -0.2) is 19.3 Å². The highest BCUT2D eigenvalue weighted by Gasteiger charge is 2.13. The van der Waals surface area contributed by atoms with E-state index in [1.165, 1.54) is 10.1 Å². The van der Waals surface area contributed by atoms with Crippen molar-refractivity contribution in [1.82, 2.24) is 5.32 Å². The lowest BCUT2D eigenvalue weighted by Gasteiger charge is -2.17. The van der Waals surface area contributed by atoms with Gasteiger partial charge in [-0.05, 0) is 46.6 Å². The maximum Gasteiger partial charge on any atom is 0.109 e. The number of likely N-dealkylation sites (N-methyl/N-ethyl adjacent to an activating group) is 1. The second kappa shape index (κ2) is 5.43. The van der Waals surface area contributed by atoms with Gasteiger partial charge in [-0.2, -0.15) is 0 Å². The molecule has 0 aliphatic carbocycles. The highest BCUT2D eigenvalue weighted by molar-refractivity contribution is 7.17. The molecule has 1 N–H and O–H groups in total. The minimum atomic E-state index is -0.422. The molecule has 2 aromatic rings. The third-order valence-electron chi connectivity index (χ3n) is 2.85. The Morgan fingerprint density at radius 1 is 1.47 bits per heavy atom. The van der Waals surface area contributed by atoms with E-state index in [9.17, 15) is 4.39 Å². The quantitative estimate of drug-likeness (QED) is 0.848. The zero-order valence-corrected chi connectivity index (χ0v) is 10.7. The maximum atomic E-state index is 12.9. The van der Waals surface area contributed by atoms with Crippen LogP contribution in [0.4, 0.5) is 4.39 Å². The number of hydrogen-bond acceptors (Lipinski definition) is 2. The summed E-state index contributed by atoms with van der Waals surface area (Å²) in [5.74, 6) is 0. The molecule has 1 nitrogen and oxygen atoms in total. The first-order valence-corrected chi connectivity index (χ1v) is 6.60. The minimum absolute atomic E-state index is 0.281. The molecule has 2 rings (SSSR count). The fraction of sp³-hybridized carbons (Fsp3) is 0.286. The average molecular weight is 249 g/mol. The molecular formula is C14H16FNS. The first kappa shape index (κ1) is 12.3. The van der Waals surface area contributed by atoms with E-state index in [4.69, 9.17) is 0 Å². The standard InChI is InChI=1S/C14H16FNS/c1-3-16-13(9-15)10(2)11-4-5-14-12(8-11)6-7-17-14/h4-8,13,16H,2-3,9H2,1H3. The molecule has 0 saturated carbocycles. The van der Waals surface area contributed by atoms with Crippen molar-refractivity contribution < 1.29 is 4.39 Å². The van der Waals surface area contributed by atoms with Gasteiger partial charge in [-0.25, -0.2) is 4.39 Å². The molecule has 0 spiro atoms. The van der Waals surface area contributed by atoms with Crippen LogP contribution in [0.3, 0.4) is 0 Å². The molecule has 1 unspecified atom stereocenters. The van der Waals surface area contributed by atoms with Crippen LogP contribution in [0.15, 0.2) is 36.2 Å². The predicted octanol–water partition coefficient (Wildman–Crippen LogP) is 3.86. The summed E-state index contributed by atoms with van der Waals surface area (Å²) in [6.45, 7) is 6.30. The van der Waals surface area contributed by atoms with E-state index in [1.54, 1.807) is 11.3 Å². The van der Waals surface area contributed by atoms with Gasteiger partial charge in [0.2, 0.25) is 0 Å². The summed E-state index contributed by atoms with van der Waals surface area (Å²) >= 11 is 1.71. The van der Waals surface area contributed by atoms with Gasteiger partial charge in [-0.15, -0.1) is 11.3 Å². The van der Waals surface area contributed by atoms with Crippen LogP contribution in [0.2, 0.25) is 0 Å². The van der Waals surface area contributed by atoms with E-state index in [2.05, 4.69) is 35.5 Å². The van der Waals surface area contributed by atoms with Gasteiger partial charge in [-0.3, -0.25) is 0 Å². The van der Waals surface area contributed by atoms with Crippen molar-refractivity contribution >= 4 is 27.0 Å². The lowest BCUT2D eigenvalue weighted by molar-refractivity contribution is 0.429. The van der Waals surface area contributed by atoms with Crippen molar-refractivity contribution in [2.75, 3.05) is 13.2 Å². The van der Waals surface area contributed by atoms with Crippen molar-refractivity contribution in [3.8, 4) is 0 Å². The number of fused-ring (bicyclic) bond motifs is 1. The smallest absolute Gasteiger partial charge is 0.109 e. The second-order valence-electron chi connectivity index (χ2n) is 3.96. The van der Waals surface area contributed by atoms with E-state index < -0.39 is 6.67 Å². The van der Waals surface area contributed by atoms with Gasteiger partial charge in [0.05, 0.1) is 6.04 Å². The molecule has 0 radical (unpaired) electrons. The molecule has 0 saturated heterocycles. The Hall–Kier alpha value is -1.19. The Balaban J connectivity index is 2.28. The minimum Gasteiger partial charge on any atom is -0.308 e. The number of alkyl halides is 1. The summed E-state index contributed by atoms with van der Waals surface area (Å²) in [5, 5.41) is 6.36. The van der Waals surface area contributed by atoms with E-state index in [-0.39, 0.29) is 6.04 Å². The van der Waals surface area contributed by atoms with E-state index in [0.717, 1.165) is 17.7 Å². The molecule has 3 heteroatoms. The van der Waals surface area contributed by atoms with Gasteiger partial charge >= 0.3 is 0 Å². The SMILES string of the molecule is C=C(c1ccc2sccc2c1)C(CF)NCC. The Labute approximate surface area is 105 Å². The molecular weight excluding hydrogens is 233 g/mol. The monoisotopic (exact) mass is 249 g/mol. The number of rotatable bonds is 5. The van der Waals surface area contributed by atoms with Gasteiger partial charge < -0.3 is 5.32 Å². The van der Waals surface area contributed by atoms with Crippen molar-refractivity contribution in [2.45, 2.75) is 13.0 Å². The first-order chi connectivity index (χ1) is 8.26. The predicted molar refractivity (Wildman–Crippen MR) is 74.3 cm³/mol. The van der Waals surface area contributed by atoms with Crippen molar-refractivity contribution in [2.24, 2.45) is 0 Å². The molecule has 0 bridgehead atoms. The fourth-order valence-corrected chi connectivity index (χ4v) is 2.66. The third kappa shape index (κ3) is 2.56. The fourth-order valence-electron chi connectivity index (χ4n) is 1.88. The first-order valence-electron chi connectivity index (χ1n) is 5.72. The van der Waals surface area contributed by atoms with E-state index in [1.807, 2.05) is 13.0 Å². The number of thiophene rings is 1. The van der Waals surface area contributed by atoms with Crippen LogP contribution in [0.1, 0.15) is 12.5 Å². The Morgan fingerprint density at radius 3 is 3.00 bits per heavy atom. The molecule has 1 heterocycles. The molecule has 1 aromatic heterocycles. The number of halogens is 1. The molecule has 17 heavy (non-hydrogen) atoms. The number of hydrogen-bond donors (Lipinski definition) is 1.